The average Bonchev–Trinajstić information content (AvgIpc) is 2.51. The number of hydrogen-bond acceptors (Lipinski definition) is 3. The molecule has 0 radical (unpaired) electrons. The van der Waals surface area contributed by atoms with E-state index in [1.165, 1.54) is 0 Å². The summed E-state index contributed by atoms with van der Waals surface area (Å²) in [5.41, 5.74) is 2.94. The Bertz CT molecular complexity index is 393. The van der Waals surface area contributed by atoms with Crippen LogP contribution in [-0.4, -0.2) is 31.1 Å². The first-order chi connectivity index (χ1) is 10.4. The lowest BCUT2D eigenvalue weighted by atomic mass is 10.1. The molecule has 0 atom stereocenters. The van der Waals surface area contributed by atoms with Crippen molar-refractivity contribution < 1.29 is 0 Å². The zero-order valence-corrected chi connectivity index (χ0v) is 14.5. The summed E-state index contributed by atoms with van der Waals surface area (Å²) in [6.07, 6.45) is 5.61. The molecule has 0 fully saturated rings. The molecule has 0 rings (SSSR count). The van der Waals surface area contributed by atoms with Crippen LogP contribution in [0.2, 0.25) is 0 Å². The molecule has 0 bridgehead atoms. The lowest BCUT2D eigenvalue weighted by Crippen LogP contribution is -2.29. The maximum atomic E-state index is 4.06. The Morgan fingerprint density at radius 1 is 0.955 bits per heavy atom. The van der Waals surface area contributed by atoms with Crippen molar-refractivity contribution in [3.05, 3.63) is 62.1 Å². The van der Waals surface area contributed by atoms with Gasteiger partial charge < -0.3 is 15.5 Å². The minimum absolute atomic E-state index is 0.475. The number of nitrogens with zero attached hydrogens (tertiary/aromatic N) is 1. The Morgan fingerprint density at radius 3 is 1.95 bits per heavy atom. The van der Waals surface area contributed by atoms with E-state index in [-0.39, 0.29) is 0 Å². The van der Waals surface area contributed by atoms with Crippen molar-refractivity contribution in [3.63, 3.8) is 0 Å². The van der Waals surface area contributed by atoms with E-state index in [2.05, 4.69) is 62.3 Å². The van der Waals surface area contributed by atoms with Crippen LogP contribution in [0, 0.1) is 5.92 Å². The minimum atomic E-state index is 0.475. The van der Waals surface area contributed by atoms with E-state index in [1.807, 2.05) is 6.08 Å². The summed E-state index contributed by atoms with van der Waals surface area (Å²) in [6, 6.07) is 0. The molecule has 3 nitrogen and oxygen atoms in total. The highest BCUT2D eigenvalue weighted by atomic mass is 15.1. The van der Waals surface area contributed by atoms with Crippen molar-refractivity contribution in [2.24, 2.45) is 5.92 Å². The molecule has 0 aliphatic rings. The molecule has 2 N–H and O–H groups in total. The second-order valence-corrected chi connectivity index (χ2v) is 5.65. The van der Waals surface area contributed by atoms with Crippen molar-refractivity contribution in [1.29, 1.82) is 0 Å². The van der Waals surface area contributed by atoms with Crippen molar-refractivity contribution in [1.82, 2.24) is 15.5 Å². The Morgan fingerprint density at radius 2 is 1.50 bits per heavy atom. The Hall–Kier alpha value is -1.90. The quantitative estimate of drug-likeness (QED) is 0.377. The van der Waals surface area contributed by atoms with Crippen LogP contribution < -0.4 is 10.6 Å². The fraction of sp³-hybridized carbons (Fsp3) is 0.474. The van der Waals surface area contributed by atoms with Crippen LogP contribution in [-0.2, 0) is 0 Å². The molecule has 0 heterocycles. The van der Waals surface area contributed by atoms with E-state index < -0.39 is 0 Å². The van der Waals surface area contributed by atoms with E-state index >= 15 is 0 Å². The summed E-state index contributed by atoms with van der Waals surface area (Å²) < 4.78 is 0. The predicted molar refractivity (Wildman–Crippen MR) is 99.5 cm³/mol. The molecular weight excluding hydrogens is 270 g/mol. The molecule has 0 aromatic rings. The molecule has 0 aromatic carbocycles. The van der Waals surface area contributed by atoms with E-state index in [9.17, 15) is 0 Å². The van der Waals surface area contributed by atoms with Gasteiger partial charge in [-0.1, -0.05) is 46.7 Å². The van der Waals surface area contributed by atoms with Crippen molar-refractivity contribution >= 4 is 0 Å². The molecule has 0 saturated heterocycles. The molecule has 0 aliphatic carbocycles. The van der Waals surface area contributed by atoms with Crippen LogP contribution >= 0.6 is 0 Å². The van der Waals surface area contributed by atoms with Crippen LogP contribution in [0.5, 0.6) is 0 Å². The number of allylic oxidation sites excluding steroid dienone is 3. The fourth-order valence-corrected chi connectivity index (χ4v) is 1.84. The van der Waals surface area contributed by atoms with Crippen LogP contribution in [0.25, 0.3) is 0 Å². The van der Waals surface area contributed by atoms with E-state index in [0.717, 1.165) is 56.1 Å². The minimum Gasteiger partial charge on any atom is -0.389 e. The summed E-state index contributed by atoms with van der Waals surface area (Å²) in [4.78, 5) is 2.27. The highest BCUT2D eigenvalue weighted by Gasteiger charge is 2.05. The first kappa shape index (κ1) is 20.1. The highest BCUT2D eigenvalue weighted by Crippen LogP contribution is 2.06. The maximum absolute atomic E-state index is 4.06. The van der Waals surface area contributed by atoms with Gasteiger partial charge in [0.2, 0.25) is 0 Å². The smallest absolute Gasteiger partial charge is 0.0287 e. The second-order valence-electron chi connectivity index (χ2n) is 5.65. The Kier molecular flexibility index (Phi) is 10.7. The third kappa shape index (κ3) is 9.11. The van der Waals surface area contributed by atoms with Crippen molar-refractivity contribution in [2.45, 2.75) is 26.7 Å². The average molecular weight is 303 g/mol. The zero-order valence-electron chi connectivity index (χ0n) is 14.5. The topological polar surface area (TPSA) is 27.3 Å². The number of rotatable bonds is 14. The van der Waals surface area contributed by atoms with E-state index in [0.29, 0.717) is 5.92 Å². The van der Waals surface area contributed by atoms with Gasteiger partial charge in [0, 0.05) is 43.3 Å². The Labute approximate surface area is 137 Å². The summed E-state index contributed by atoms with van der Waals surface area (Å²) in [6.45, 7) is 27.4. The van der Waals surface area contributed by atoms with Gasteiger partial charge in [-0.25, -0.2) is 0 Å². The van der Waals surface area contributed by atoms with Crippen LogP contribution in [0.4, 0.5) is 0 Å². The second kappa shape index (κ2) is 11.7. The monoisotopic (exact) mass is 303 g/mol. The molecule has 22 heavy (non-hydrogen) atoms. The summed E-state index contributed by atoms with van der Waals surface area (Å²) in [5.74, 6) is 0.475. The molecule has 0 unspecified atom stereocenters. The predicted octanol–water partition coefficient (Wildman–Crippen LogP) is 3.82. The van der Waals surface area contributed by atoms with Crippen LogP contribution in [0.15, 0.2) is 62.1 Å². The molecule has 124 valence electrons. The van der Waals surface area contributed by atoms with E-state index in [1.54, 1.807) is 6.08 Å². The van der Waals surface area contributed by atoms with Gasteiger partial charge >= 0.3 is 0 Å². The lowest BCUT2D eigenvalue weighted by Gasteiger charge is -2.25. The van der Waals surface area contributed by atoms with Gasteiger partial charge in [0.15, 0.2) is 0 Å². The normalized spacial score (nSPS) is 9.95. The molecule has 3 heteroatoms. The summed E-state index contributed by atoms with van der Waals surface area (Å²) >= 11 is 0. The standard InChI is InChI=1S/C19H33N3/c1-8-17(5)20-12-10-14-22(18(6)9-2)15-11-13-21-19(7)16(3)4/h8-9,16,20-21H,1-2,5-7,10-15H2,3-4H3. The lowest BCUT2D eigenvalue weighted by molar-refractivity contribution is 0.342. The third-order valence-corrected chi connectivity index (χ3v) is 3.50. The SMILES string of the molecule is C=CC(=C)NCCCN(CCCNC(=C)C(C)C)C(=C)C=C. The van der Waals surface area contributed by atoms with Gasteiger partial charge in [-0.3, -0.25) is 0 Å². The van der Waals surface area contributed by atoms with Gasteiger partial charge in [-0.2, -0.15) is 0 Å². The molecule has 0 spiro atoms. The number of nitrogens with one attached hydrogen (secondary N) is 2. The van der Waals surface area contributed by atoms with Gasteiger partial charge in [0.1, 0.15) is 0 Å². The van der Waals surface area contributed by atoms with E-state index in [4.69, 9.17) is 0 Å². The molecule has 0 aliphatic heterocycles. The van der Waals surface area contributed by atoms with Gasteiger partial charge in [0.25, 0.3) is 0 Å². The molecule has 0 saturated carbocycles. The van der Waals surface area contributed by atoms with Crippen LogP contribution in [0.3, 0.4) is 0 Å². The fourth-order valence-electron chi connectivity index (χ4n) is 1.84. The highest BCUT2D eigenvalue weighted by molar-refractivity contribution is 5.10. The Balaban J connectivity index is 4.06. The van der Waals surface area contributed by atoms with Crippen molar-refractivity contribution in [3.8, 4) is 0 Å². The summed E-state index contributed by atoms with van der Waals surface area (Å²) in [7, 11) is 0. The molecule has 0 aromatic heterocycles. The number of hydrogen-bond donors (Lipinski definition) is 2. The van der Waals surface area contributed by atoms with Gasteiger partial charge in [-0.15, -0.1) is 0 Å². The third-order valence-electron chi connectivity index (χ3n) is 3.50. The first-order valence-electron chi connectivity index (χ1n) is 7.96. The largest absolute Gasteiger partial charge is 0.389 e. The van der Waals surface area contributed by atoms with Gasteiger partial charge in [-0.05, 0) is 30.9 Å². The molecule has 0 amide bonds. The maximum Gasteiger partial charge on any atom is 0.0287 e. The van der Waals surface area contributed by atoms with Crippen LogP contribution in [0.1, 0.15) is 26.7 Å². The van der Waals surface area contributed by atoms with Gasteiger partial charge in [0.05, 0.1) is 0 Å². The first-order valence-corrected chi connectivity index (χ1v) is 7.96. The van der Waals surface area contributed by atoms with Crippen molar-refractivity contribution in [2.75, 3.05) is 26.2 Å². The zero-order chi connectivity index (χ0) is 17.0. The molecular formula is C19H33N3. The summed E-state index contributed by atoms with van der Waals surface area (Å²) in [5, 5.41) is 6.59.